The van der Waals surface area contributed by atoms with Gasteiger partial charge in [0.2, 0.25) is 11.9 Å². The first kappa shape index (κ1) is 22.4. The van der Waals surface area contributed by atoms with Gasteiger partial charge in [-0.2, -0.15) is 4.68 Å². The van der Waals surface area contributed by atoms with E-state index in [0.717, 1.165) is 31.6 Å². The zero-order valence-corrected chi connectivity index (χ0v) is 17.5. The summed E-state index contributed by atoms with van der Waals surface area (Å²) in [6.07, 6.45) is 4.10. The molecular weight excluding hydrogens is 401 g/mol. The third kappa shape index (κ3) is 4.74. The number of aromatic nitrogens is 4. The molecule has 1 aromatic carbocycles. The zero-order chi connectivity index (χ0) is 17.9. The molecule has 4 rings (SSSR count). The van der Waals surface area contributed by atoms with Crippen molar-refractivity contribution in [1.29, 1.82) is 0 Å². The summed E-state index contributed by atoms with van der Waals surface area (Å²) in [6.45, 7) is 3.61. The number of nitrogens with one attached hydrogen (secondary N) is 2. The number of carbonyl (C=O) groups is 1. The Labute approximate surface area is 177 Å². The summed E-state index contributed by atoms with van der Waals surface area (Å²) in [4.78, 5) is 15.1. The molecule has 3 unspecified atom stereocenters. The van der Waals surface area contributed by atoms with Crippen molar-refractivity contribution in [2.75, 3.05) is 18.4 Å². The Hall–Kier alpha value is -1.90. The topological polar surface area (TPSA) is 88.0 Å². The first-order chi connectivity index (χ1) is 12.7. The van der Waals surface area contributed by atoms with E-state index in [-0.39, 0.29) is 36.8 Å². The van der Waals surface area contributed by atoms with Gasteiger partial charge >= 0.3 is 0 Å². The lowest BCUT2D eigenvalue weighted by Crippen LogP contribution is -2.46. The summed E-state index contributed by atoms with van der Waals surface area (Å²) < 4.78 is 1.63. The van der Waals surface area contributed by atoms with Crippen molar-refractivity contribution in [3.63, 3.8) is 0 Å². The SMILES string of the molecule is CCC(Nc1nnnn1-c1ccccc1)C(=O)N1CCC2CCC(C1)N2.Cl.Cl. The van der Waals surface area contributed by atoms with Crippen molar-refractivity contribution in [3.05, 3.63) is 30.3 Å². The normalized spacial score (nSPS) is 21.8. The first-order valence-corrected chi connectivity index (χ1v) is 9.39. The fourth-order valence-corrected chi connectivity index (χ4v) is 3.88. The fourth-order valence-electron chi connectivity index (χ4n) is 3.88. The summed E-state index contributed by atoms with van der Waals surface area (Å²) >= 11 is 0. The van der Waals surface area contributed by atoms with Crippen LogP contribution in [0.1, 0.15) is 32.6 Å². The first-order valence-electron chi connectivity index (χ1n) is 9.39. The number of carbonyl (C=O) groups excluding carboxylic acids is 1. The Balaban J connectivity index is 0.00000140. The van der Waals surface area contributed by atoms with E-state index in [0.29, 0.717) is 24.5 Å². The molecule has 2 saturated heterocycles. The van der Waals surface area contributed by atoms with Gasteiger partial charge in [-0.1, -0.05) is 30.2 Å². The Kier molecular flexibility index (Phi) is 8.03. The molecule has 2 N–H and O–H groups in total. The smallest absolute Gasteiger partial charge is 0.248 e. The predicted octanol–water partition coefficient (Wildman–Crippen LogP) is 2.05. The van der Waals surface area contributed by atoms with E-state index in [1.807, 2.05) is 42.2 Å². The second kappa shape index (κ2) is 10.0. The molecule has 2 aliphatic rings. The highest BCUT2D eigenvalue weighted by Gasteiger charge is 2.33. The summed E-state index contributed by atoms with van der Waals surface area (Å²) in [5.41, 5.74) is 0.860. The van der Waals surface area contributed by atoms with Crippen molar-refractivity contribution < 1.29 is 4.79 Å². The molecule has 8 nitrogen and oxygen atoms in total. The van der Waals surface area contributed by atoms with Crippen LogP contribution in [0.15, 0.2) is 30.3 Å². The molecular formula is C18H27Cl2N7O. The summed E-state index contributed by atoms with van der Waals surface area (Å²) in [7, 11) is 0. The molecule has 154 valence electrons. The number of hydrogen-bond acceptors (Lipinski definition) is 6. The number of amides is 1. The second-order valence-corrected chi connectivity index (χ2v) is 7.07. The van der Waals surface area contributed by atoms with Crippen LogP contribution in [-0.4, -0.2) is 62.2 Å². The maximum atomic E-state index is 13.1. The van der Waals surface area contributed by atoms with E-state index in [4.69, 9.17) is 0 Å². The van der Waals surface area contributed by atoms with Gasteiger partial charge in [-0.25, -0.2) is 0 Å². The number of hydrogen-bond donors (Lipinski definition) is 2. The lowest BCUT2D eigenvalue weighted by atomic mass is 10.1. The van der Waals surface area contributed by atoms with Crippen molar-refractivity contribution >= 4 is 36.7 Å². The molecule has 28 heavy (non-hydrogen) atoms. The average Bonchev–Trinajstić information content (AvgIpc) is 3.26. The van der Waals surface area contributed by atoms with Gasteiger partial charge < -0.3 is 15.5 Å². The number of halogens is 2. The molecule has 0 saturated carbocycles. The van der Waals surface area contributed by atoms with Gasteiger partial charge in [-0.15, -0.1) is 24.8 Å². The largest absolute Gasteiger partial charge is 0.341 e. The molecule has 2 bridgehead atoms. The number of rotatable bonds is 5. The average molecular weight is 428 g/mol. The van der Waals surface area contributed by atoms with E-state index in [2.05, 4.69) is 26.2 Å². The molecule has 1 amide bonds. The molecule has 0 spiro atoms. The molecule has 1 aromatic heterocycles. The molecule has 3 atom stereocenters. The number of tetrazole rings is 1. The minimum Gasteiger partial charge on any atom is -0.341 e. The predicted molar refractivity (Wildman–Crippen MR) is 112 cm³/mol. The van der Waals surface area contributed by atoms with Crippen molar-refractivity contribution in [2.45, 2.75) is 50.7 Å². The van der Waals surface area contributed by atoms with E-state index in [1.165, 1.54) is 6.42 Å². The van der Waals surface area contributed by atoms with Gasteiger partial charge in [-0.3, -0.25) is 4.79 Å². The molecule has 2 aromatic rings. The monoisotopic (exact) mass is 427 g/mol. The van der Waals surface area contributed by atoms with Crippen LogP contribution in [0.25, 0.3) is 5.69 Å². The van der Waals surface area contributed by atoms with Crippen LogP contribution in [0.3, 0.4) is 0 Å². The molecule has 2 aliphatic heterocycles. The molecule has 0 aliphatic carbocycles. The minimum atomic E-state index is -0.333. The van der Waals surface area contributed by atoms with Crippen LogP contribution in [-0.2, 0) is 4.79 Å². The summed E-state index contributed by atoms with van der Waals surface area (Å²) in [5, 5.41) is 18.8. The number of likely N-dealkylation sites (tertiary alicyclic amines) is 1. The molecule has 10 heteroatoms. The van der Waals surface area contributed by atoms with Gasteiger partial charge in [0.15, 0.2) is 0 Å². The van der Waals surface area contributed by atoms with Gasteiger partial charge in [0.1, 0.15) is 6.04 Å². The highest BCUT2D eigenvalue weighted by atomic mass is 35.5. The van der Waals surface area contributed by atoms with Gasteiger partial charge in [-0.05, 0) is 48.2 Å². The molecule has 0 radical (unpaired) electrons. The van der Waals surface area contributed by atoms with Crippen molar-refractivity contribution in [2.24, 2.45) is 0 Å². The van der Waals surface area contributed by atoms with Crippen LogP contribution in [0, 0.1) is 0 Å². The lowest BCUT2D eigenvalue weighted by Gasteiger charge is -2.28. The third-order valence-electron chi connectivity index (χ3n) is 5.31. The van der Waals surface area contributed by atoms with Gasteiger partial charge in [0, 0.05) is 25.2 Å². The Bertz CT molecular complexity index is 757. The van der Waals surface area contributed by atoms with Gasteiger partial charge in [0.05, 0.1) is 5.69 Å². The molecule has 3 heterocycles. The second-order valence-electron chi connectivity index (χ2n) is 7.07. The Morgan fingerprint density at radius 3 is 2.71 bits per heavy atom. The lowest BCUT2D eigenvalue weighted by molar-refractivity contribution is -0.132. The standard InChI is InChI=1S/C18H25N7O.2ClH/c1-2-16(17(26)24-11-10-13-8-9-14(12-24)19-13)20-18-21-22-23-25(18)15-6-4-3-5-7-15;;/h3-7,13-14,16,19H,2,8-12H2,1H3,(H,20,21,23);2*1H. The summed E-state index contributed by atoms with van der Waals surface area (Å²) in [6, 6.07) is 10.3. The number of para-hydroxylation sites is 1. The Morgan fingerprint density at radius 2 is 1.96 bits per heavy atom. The number of fused-ring (bicyclic) bond motifs is 2. The fraction of sp³-hybridized carbons (Fsp3) is 0.556. The van der Waals surface area contributed by atoms with E-state index < -0.39 is 0 Å². The van der Waals surface area contributed by atoms with Gasteiger partial charge in [0.25, 0.3) is 0 Å². The van der Waals surface area contributed by atoms with E-state index in [1.54, 1.807) is 4.68 Å². The summed E-state index contributed by atoms with van der Waals surface area (Å²) in [5.74, 6) is 0.621. The number of anilines is 1. The van der Waals surface area contributed by atoms with Crippen molar-refractivity contribution in [3.8, 4) is 5.69 Å². The van der Waals surface area contributed by atoms with Crippen molar-refractivity contribution in [1.82, 2.24) is 30.4 Å². The van der Waals surface area contributed by atoms with Crippen LogP contribution in [0.4, 0.5) is 5.95 Å². The van der Waals surface area contributed by atoms with Crippen LogP contribution >= 0.6 is 24.8 Å². The van der Waals surface area contributed by atoms with E-state index in [9.17, 15) is 4.79 Å². The van der Waals surface area contributed by atoms with E-state index >= 15 is 0 Å². The zero-order valence-electron chi connectivity index (χ0n) is 15.8. The van der Waals surface area contributed by atoms with Crippen LogP contribution < -0.4 is 10.6 Å². The highest BCUT2D eigenvalue weighted by Crippen LogP contribution is 2.21. The number of benzene rings is 1. The highest BCUT2D eigenvalue weighted by molar-refractivity contribution is 5.85. The molecule has 2 fully saturated rings. The minimum absolute atomic E-state index is 0. The third-order valence-corrected chi connectivity index (χ3v) is 5.31. The maximum absolute atomic E-state index is 13.1. The quantitative estimate of drug-likeness (QED) is 0.758. The Morgan fingerprint density at radius 1 is 1.21 bits per heavy atom. The van der Waals surface area contributed by atoms with Crippen LogP contribution in [0.2, 0.25) is 0 Å². The maximum Gasteiger partial charge on any atom is 0.248 e. The number of nitrogens with zero attached hydrogens (tertiary/aromatic N) is 5. The van der Waals surface area contributed by atoms with Crippen LogP contribution in [0.5, 0.6) is 0 Å².